The van der Waals surface area contributed by atoms with Crippen molar-refractivity contribution in [3.05, 3.63) is 11.1 Å². The summed E-state index contributed by atoms with van der Waals surface area (Å²) in [4.78, 5) is 13.7. The Morgan fingerprint density at radius 1 is 1.29 bits per heavy atom. The number of fused-ring (bicyclic) bond motifs is 2. The van der Waals surface area contributed by atoms with Crippen molar-refractivity contribution in [3.8, 4) is 17.2 Å². The van der Waals surface area contributed by atoms with Crippen LogP contribution in [-0.4, -0.2) is 46.7 Å². The summed E-state index contributed by atoms with van der Waals surface area (Å²) in [6.45, 7) is 0.234. The second-order valence-corrected chi connectivity index (χ2v) is 6.30. The van der Waals surface area contributed by atoms with Crippen molar-refractivity contribution in [1.82, 2.24) is 4.90 Å². The maximum atomic E-state index is 12.4. The molecule has 0 saturated carbocycles. The first-order valence-corrected chi connectivity index (χ1v) is 7.71. The van der Waals surface area contributed by atoms with E-state index >= 15 is 0 Å². The minimum Gasteiger partial charge on any atom is -0.492 e. The van der Waals surface area contributed by atoms with E-state index in [-0.39, 0.29) is 40.4 Å². The first-order valence-electron chi connectivity index (χ1n) is 6.17. The average Bonchev–Trinajstić information content (AvgIpc) is 2.87. The van der Waals surface area contributed by atoms with Crippen LogP contribution >= 0.6 is 0 Å². The Hall–Kier alpha value is -2.00. The number of methoxy groups -OCH3 is 1. The summed E-state index contributed by atoms with van der Waals surface area (Å²) < 4.78 is 39.6. The average molecular weight is 314 g/mol. The van der Waals surface area contributed by atoms with Crippen LogP contribution in [0.15, 0.2) is 4.90 Å². The van der Waals surface area contributed by atoms with Gasteiger partial charge in [-0.05, 0) is 12.0 Å². The van der Waals surface area contributed by atoms with Crippen LogP contribution in [-0.2, 0) is 16.4 Å². The number of nitrogens with zero attached hydrogens (tertiary/aromatic N) is 1. The number of amides is 1. The number of hydrogen-bond acceptors (Lipinski definition) is 6. The van der Waals surface area contributed by atoms with Crippen LogP contribution in [0.2, 0.25) is 0 Å². The maximum Gasteiger partial charge on any atom is 0.257 e. The van der Waals surface area contributed by atoms with Crippen LogP contribution in [0.3, 0.4) is 0 Å². The zero-order chi connectivity index (χ0) is 15.4. The third-order valence-corrected chi connectivity index (χ3v) is 4.58. The Balaban J connectivity index is 2.44. The van der Waals surface area contributed by atoms with Gasteiger partial charge in [-0.15, -0.1) is 0 Å². The minimum atomic E-state index is -4.07. The van der Waals surface area contributed by atoms with E-state index in [0.717, 1.165) is 0 Å². The molecule has 1 aromatic rings. The van der Waals surface area contributed by atoms with E-state index in [9.17, 15) is 13.2 Å². The summed E-state index contributed by atoms with van der Waals surface area (Å²) in [5, 5.41) is 5.30. The van der Waals surface area contributed by atoms with E-state index in [1.807, 2.05) is 0 Å². The Bertz CT molecular complexity index is 743. The molecule has 2 aliphatic heterocycles. The van der Waals surface area contributed by atoms with Crippen molar-refractivity contribution in [2.45, 2.75) is 11.3 Å². The Kier molecular flexibility index (Phi) is 2.99. The van der Waals surface area contributed by atoms with Gasteiger partial charge in [0.15, 0.2) is 11.5 Å². The lowest BCUT2D eigenvalue weighted by Gasteiger charge is -2.28. The largest absolute Gasteiger partial charge is 0.492 e. The number of hydrogen-bond donors (Lipinski definition) is 1. The summed E-state index contributed by atoms with van der Waals surface area (Å²) in [6, 6.07) is 0. The fraction of sp³-hybridized carbons (Fsp3) is 0.417. The molecule has 1 aromatic carbocycles. The van der Waals surface area contributed by atoms with Crippen LogP contribution < -0.4 is 19.3 Å². The molecule has 0 spiro atoms. The second kappa shape index (κ2) is 4.50. The lowest BCUT2D eigenvalue weighted by atomic mass is 9.97. The van der Waals surface area contributed by atoms with E-state index in [1.165, 1.54) is 12.0 Å². The molecule has 0 unspecified atom stereocenters. The smallest absolute Gasteiger partial charge is 0.257 e. The molecule has 21 heavy (non-hydrogen) atoms. The highest BCUT2D eigenvalue weighted by atomic mass is 32.2. The summed E-state index contributed by atoms with van der Waals surface area (Å²) >= 11 is 0. The van der Waals surface area contributed by atoms with Gasteiger partial charge in [-0.25, -0.2) is 13.6 Å². The van der Waals surface area contributed by atoms with Crippen LogP contribution in [0.25, 0.3) is 0 Å². The normalized spacial score (nSPS) is 16.9. The lowest BCUT2D eigenvalue weighted by molar-refractivity contribution is 0.0775. The maximum absolute atomic E-state index is 12.4. The quantitative estimate of drug-likeness (QED) is 0.803. The minimum absolute atomic E-state index is 0.0189. The molecule has 114 valence electrons. The van der Waals surface area contributed by atoms with Gasteiger partial charge in [0.05, 0.1) is 12.7 Å². The highest BCUT2D eigenvalue weighted by Crippen LogP contribution is 2.50. The number of nitrogens with two attached hydrogens (primary N) is 1. The number of carbonyl (C=O) groups is 1. The van der Waals surface area contributed by atoms with Gasteiger partial charge in [-0.2, -0.15) is 0 Å². The number of sulfonamides is 1. The Labute approximate surface area is 121 Å². The van der Waals surface area contributed by atoms with Gasteiger partial charge in [-0.3, -0.25) is 4.79 Å². The number of likely N-dealkylation sites (N-methyl/N-ethyl adjacent to an activating group) is 1. The van der Waals surface area contributed by atoms with Gasteiger partial charge < -0.3 is 19.1 Å². The zero-order valence-electron chi connectivity index (χ0n) is 11.5. The molecule has 0 bridgehead atoms. The molecule has 0 radical (unpaired) electrons. The second-order valence-electron chi connectivity index (χ2n) is 4.80. The fourth-order valence-electron chi connectivity index (χ4n) is 2.65. The number of ether oxygens (including phenoxy) is 3. The van der Waals surface area contributed by atoms with Gasteiger partial charge in [0.2, 0.25) is 22.6 Å². The number of benzene rings is 1. The Morgan fingerprint density at radius 2 is 1.95 bits per heavy atom. The van der Waals surface area contributed by atoms with E-state index in [4.69, 9.17) is 19.3 Å². The molecule has 8 nitrogen and oxygen atoms in total. The van der Waals surface area contributed by atoms with Crippen LogP contribution in [0.4, 0.5) is 0 Å². The number of carbonyl (C=O) groups excluding carboxylic acids is 1. The van der Waals surface area contributed by atoms with Crippen LogP contribution in [0.5, 0.6) is 17.2 Å². The van der Waals surface area contributed by atoms with Crippen molar-refractivity contribution < 1.29 is 27.4 Å². The highest BCUT2D eigenvalue weighted by molar-refractivity contribution is 7.89. The highest BCUT2D eigenvalue weighted by Gasteiger charge is 2.39. The van der Waals surface area contributed by atoms with E-state index in [2.05, 4.69) is 0 Å². The molecule has 1 amide bonds. The first kappa shape index (κ1) is 14.0. The van der Waals surface area contributed by atoms with Gasteiger partial charge in [0.1, 0.15) is 4.90 Å². The molecule has 0 aliphatic carbocycles. The molecule has 0 aromatic heterocycles. The van der Waals surface area contributed by atoms with Crippen molar-refractivity contribution in [2.24, 2.45) is 5.14 Å². The van der Waals surface area contributed by atoms with E-state index in [1.54, 1.807) is 7.05 Å². The van der Waals surface area contributed by atoms with Crippen molar-refractivity contribution in [1.29, 1.82) is 0 Å². The molecule has 0 saturated heterocycles. The molecule has 2 heterocycles. The summed E-state index contributed by atoms with van der Waals surface area (Å²) in [7, 11) is -1.05. The van der Waals surface area contributed by atoms with Gasteiger partial charge in [0.25, 0.3) is 5.91 Å². The lowest BCUT2D eigenvalue weighted by Crippen LogP contribution is -2.36. The van der Waals surface area contributed by atoms with Gasteiger partial charge in [0, 0.05) is 13.6 Å². The Morgan fingerprint density at radius 3 is 2.57 bits per heavy atom. The molecular weight excluding hydrogens is 300 g/mol. The predicted octanol–water partition coefficient (Wildman–Crippen LogP) is -0.301. The van der Waals surface area contributed by atoms with Crippen LogP contribution in [0.1, 0.15) is 15.9 Å². The SMILES string of the molecule is COc1c2c(c(S(N)(=O)=O)c3c1C(=O)N(C)CC3)OCO2. The molecular formula is C12H14N2O6S. The predicted molar refractivity (Wildman–Crippen MR) is 71.2 cm³/mol. The van der Waals surface area contributed by atoms with E-state index in [0.29, 0.717) is 18.5 Å². The monoisotopic (exact) mass is 314 g/mol. The topological polar surface area (TPSA) is 108 Å². The van der Waals surface area contributed by atoms with Crippen molar-refractivity contribution >= 4 is 15.9 Å². The molecule has 9 heteroatoms. The summed E-state index contributed by atoms with van der Waals surface area (Å²) in [5.74, 6) is -0.0351. The third kappa shape index (κ3) is 1.92. The first-order chi connectivity index (χ1) is 9.86. The van der Waals surface area contributed by atoms with Crippen molar-refractivity contribution in [3.63, 3.8) is 0 Å². The molecule has 2 aliphatic rings. The number of primary sulfonamides is 1. The molecule has 0 fully saturated rings. The summed E-state index contributed by atoms with van der Waals surface area (Å²) in [6.07, 6.45) is 0.344. The van der Waals surface area contributed by atoms with Crippen LogP contribution in [0, 0.1) is 0 Å². The summed E-state index contributed by atoms with van der Waals surface area (Å²) in [5.41, 5.74) is 0.487. The number of rotatable bonds is 2. The molecule has 3 rings (SSSR count). The van der Waals surface area contributed by atoms with Crippen molar-refractivity contribution in [2.75, 3.05) is 27.5 Å². The standard InChI is InChI=1S/C12H14N2O6S/c1-14-4-3-6-7(12(14)15)8(18-2)9-10(20-5-19-9)11(6)21(13,16)17/h3-5H2,1-2H3,(H2,13,16,17). The fourth-order valence-corrected chi connectivity index (χ4v) is 3.61. The third-order valence-electron chi connectivity index (χ3n) is 3.57. The van der Waals surface area contributed by atoms with Gasteiger partial charge >= 0.3 is 0 Å². The van der Waals surface area contributed by atoms with Gasteiger partial charge in [-0.1, -0.05) is 0 Å². The molecule has 2 N–H and O–H groups in total. The van der Waals surface area contributed by atoms with E-state index < -0.39 is 10.0 Å². The molecule has 0 atom stereocenters. The zero-order valence-corrected chi connectivity index (χ0v) is 12.3.